The fraction of sp³-hybridized carbons (Fsp3) is 0.450. The molecule has 31 heavy (non-hydrogen) atoms. The number of para-hydroxylation sites is 1. The van der Waals surface area contributed by atoms with Gasteiger partial charge in [-0.25, -0.2) is 4.98 Å². The van der Waals surface area contributed by atoms with Crippen LogP contribution < -0.4 is 15.8 Å². The van der Waals surface area contributed by atoms with Crippen molar-refractivity contribution in [2.75, 3.05) is 29.9 Å². The zero-order valence-electron chi connectivity index (χ0n) is 16.6. The minimum Gasteiger partial charge on any atom is -0.396 e. The van der Waals surface area contributed by atoms with E-state index in [1.54, 1.807) is 0 Å². The molecule has 0 amide bonds. The molecule has 2 aromatic heterocycles. The number of hydrogen-bond donors (Lipinski definition) is 5. The molecule has 1 saturated heterocycles. The number of thiazole rings is 1. The lowest BCUT2D eigenvalue weighted by Gasteiger charge is -2.32. The quantitative estimate of drug-likeness (QED) is 0.379. The van der Waals surface area contributed by atoms with Crippen LogP contribution in [0.5, 0.6) is 0 Å². The molecule has 166 valence electrons. The first-order valence-corrected chi connectivity index (χ1v) is 10.9. The number of nitrogens with zero attached hydrogens (tertiary/aromatic N) is 3. The third-order valence-corrected chi connectivity index (χ3v) is 6.98. The van der Waals surface area contributed by atoms with Gasteiger partial charge in [0.05, 0.1) is 22.4 Å². The Morgan fingerprint density at radius 3 is 2.61 bits per heavy atom. The Balaban J connectivity index is 0.00000231. The van der Waals surface area contributed by atoms with Crippen molar-refractivity contribution in [3.63, 3.8) is 0 Å². The Bertz CT molecular complexity index is 1100. The monoisotopic (exact) mass is 465 g/mol. The number of aliphatic hydroxyl groups excluding tert-OH is 3. The van der Waals surface area contributed by atoms with Gasteiger partial charge < -0.3 is 25.5 Å². The number of rotatable bonds is 5. The number of nitrogens with one attached hydrogen (secondary N) is 2. The van der Waals surface area contributed by atoms with E-state index in [2.05, 4.69) is 20.3 Å². The molecule has 1 aromatic carbocycles. The molecule has 1 saturated carbocycles. The van der Waals surface area contributed by atoms with Crippen molar-refractivity contribution in [2.45, 2.75) is 31.1 Å². The lowest BCUT2D eigenvalue weighted by molar-refractivity contribution is 0.00446. The predicted octanol–water partition coefficient (Wildman–Crippen LogP) is 1.19. The van der Waals surface area contributed by atoms with E-state index in [1.807, 2.05) is 29.2 Å². The van der Waals surface area contributed by atoms with Gasteiger partial charge in [0.1, 0.15) is 22.5 Å². The largest absolute Gasteiger partial charge is 0.396 e. The highest BCUT2D eigenvalue weighted by Crippen LogP contribution is 2.35. The summed E-state index contributed by atoms with van der Waals surface area (Å²) in [5, 5.41) is 33.8. The fourth-order valence-electron chi connectivity index (χ4n) is 4.05. The number of fused-ring (bicyclic) bond motifs is 1. The van der Waals surface area contributed by atoms with Gasteiger partial charge in [-0.1, -0.05) is 12.1 Å². The minimum absolute atomic E-state index is 0. The first-order chi connectivity index (χ1) is 14.5. The minimum atomic E-state index is -1.07. The summed E-state index contributed by atoms with van der Waals surface area (Å²) in [6, 6.07) is 7.11. The van der Waals surface area contributed by atoms with Crippen molar-refractivity contribution in [3.05, 3.63) is 34.6 Å². The zero-order valence-corrected chi connectivity index (χ0v) is 18.2. The third kappa shape index (κ3) is 3.90. The maximum atomic E-state index is 13.1. The number of aromatic nitrogens is 3. The maximum absolute atomic E-state index is 13.1. The van der Waals surface area contributed by atoms with E-state index in [1.165, 1.54) is 11.3 Å². The first-order valence-electron chi connectivity index (χ1n) is 10.0. The molecule has 1 aliphatic carbocycles. The maximum Gasteiger partial charge on any atom is 0.264 e. The molecule has 0 bridgehead atoms. The van der Waals surface area contributed by atoms with Crippen LogP contribution in [0.4, 0.5) is 11.8 Å². The Labute approximate surface area is 188 Å². The third-order valence-electron chi connectivity index (χ3n) is 5.93. The van der Waals surface area contributed by atoms with Crippen LogP contribution in [0.1, 0.15) is 12.8 Å². The van der Waals surface area contributed by atoms with Crippen LogP contribution in [0, 0.1) is 5.92 Å². The van der Waals surface area contributed by atoms with Crippen molar-refractivity contribution < 1.29 is 15.3 Å². The van der Waals surface area contributed by atoms with Gasteiger partial charge in [-0.05, 0) is 25.0 Å². The standard InChI is InChI=1S/C20H23N5O4S.ClH/c26-9-10-8-12(16(28)15(10)27)21-17-14(18(29)24-20(23-17)25-6-3-7-25)19-22-11-4-1-2-5-13(11)30-19;/h1-2,4-5,10,12,15-16,26-28H,3,6-9H2,(H2,21,23,24,29);1H/t10-,12-,15-,16+;/m1./s1. The van der Waals surface area contributed by atoms with Gasteiger partial charge >= 0.3 is 0 Å². The highest BCUT2D eigenvalue weighted by molar-refractivity contribution is 7.21. The smallest absolute Gasteiger partial charge is 0.264 e. The Morgan fingerprint density at radius 2 is 1.97 bits per heavy atom. The molecule has 0 spiro atoms. The van der Waals surface area contributed by atoms with E-state index >= 15 is 0 Å². The van der Waals surface area contributed by atoms with Gasteiger partial charge in [0.25, 0.3) is 5.56 Å². The van der Waals surface area contributed by atoms with Crippen LogP contribution in [0.25, 0.3) is 20.8 Å². The van der Waals surface area contributed by atoms with Gasteiger partial charge in [-0.2, -0.15) is 4.98 Å². The molecular formula is C20H24ClN5O4S. The van der Waals surface area contributed by atoms with Crippen LogP contribution in [-0.4, -0.2) is 68.2 Å². The van der Waals surface area contributed by atoms with E-state index in [0.717, 1.165) is 29.7 Å². The summed E-state index contributed by atoms with van der Waals surface area (Å²) in [6.45, 7) is 1.42. The normalized spacial score (nSPS) is 25.3. The molecule has 0 radical (unpaired) electrons. The van der Waals surface area contributed by atoms with Crippen LogP contribution in [-0.2, 0) is 0 Å². The van der Waals surface area contributed by atoms with Crippen molar-refractivity contribution in [1.29, 1.82) is 0 Å². The summed E-state index contributed by atoms with van der Waals surface area (Å²) in [7, 11) is 0. The number of aromatic amines is 1. The summed E-state index contributed by atoms with van der Waals surface area (Å²) in [5.41, 5.74) is 0.807. The van der Waals surface area contributed by atoms with Crippen molar-refractivity contribution in [1.82, 2.24) is 15.0 Å². The fourth-order valence-corrected chi connectivity index (χ4v) is 5.05. The van der Waals surface area contributed by atoms with Crippen LogP contribution in [0.3, 0.4) is 0 Å². The number of benzene rings is 1. The lowest BCUT2D eigenvalue weighted by atomic mass is 10.1. The molecule has 11 heteroatoms. The van der Waals surface area contributed by atoms with Crippen LogP contribution in [0.15, 0.2) is 29.1 Å². The summed E-state index contributed by atoms with van der Waals surface area (Å²) in [5.74, 6) is 0.375. The molecule has 5 N–H and O–H groups in total. The van der Waals surface area contributed by atoms with E-state index < -0.39 is 24.2 Å². The molecule has 9 nitrogen and oxygen atoms in total. The second-order valence-electron chi connectivity index (χ2n) is 7.85. The van der Waals surface area contributed by atoms with Gasteiger partial charge in [0, 0.05) is 25.6 Å². The summed E-state index contributed by atoms with van der Waals surface area (Å²) in [4.78, 5) is 27.2. The molecule has 1 aliphatic heterocycles. The number of hydrogen-bond acceptors (Lipinski definition) is 9. The molecule has 2 fully saturated rings. The molecule has 5 rings (SSSR count). The van der Waals surface area contributed by atoms with Crippen molar-refractivity contribution in [2.24, 2.45) is 5.92 Å². The average molecular weight is 466 g/mol. The van der Waals surface area contributed by atoms with Crippen molar-refractivity contribution in [3.8, 4) is 10.6 Å². The summed E-state index contributed by atoms with van der Waals surface area (Å²) in [6.07, 6.45) is -0.696. The molecule has 0 unspecified atom stereocenters. The Kier molecular flexibility index (Phi) is 6.18. The second kappa shape index (κ2) is 8.71. The topological polar surface area (TPSA) is 135 Å². The SMILES string of the molecule is Cl.O=c1[nH]c(N2CCC2)nc(N[C@@H]2C[C@H](CO)[C@@H](O)[C@H]2O)c1-c1nc2ccccc2s1. The van der Waals surface area contributed by atoms with E-state index in [4.69, 9.17) is 0 Å². The average Bonchev–Trinajstić information content (AvgIpc) is 3.22. The van der Waals surface area contributed by atoms with Gasteiger partial charge in [0.2, 0.25) is 5.95 Å². The van der Waals surface area contributed by atoms with E-state index in [9.17, 15) is 20.1 Å². The first kappa shape index (κ1) is 22.0. The predicted molar refractivity (Wildman–Crippen MR) is 122 cm³/mol. The molecule has 2 aliphatic rings. The number of anilines is 2. The second-order valence-corrected chi connectivity index (χ2v) is 8.88. The van der Waals surface area contributed by atoms with Gasteiger partial charge in [-0.3, -0.25) is 9.78 Å². The number of H-pyrrole nitrogens is 1. The van der Waals surface area contributed by atoms with E-state index in [-0.39, 0.29) is 24.6 Å². The summed E-state index contributed by atoms with van der Waals surface area (Å²) >= 11 is 1.40. The van der Waals surface area contributed by atoms with E-state index in [0.29, 0.717) is 28.8 Å². The number of halogens is 1. The number of aliphatic hydroxyl groups is 3. The Hall–Kier alpha value is -2.24. The summed E-state index contributed by atoms with van der Waals surface area (Å²) < 4.78 is 0.960. The van der Waals surface area contributed by atoms with Crippen LogP contribution >= 0.6 is 23.7 Å². The van der Waals surface area contributed by atoms with Crippen LogP contribution in [0.2, 0.25) is 0 Å². The zero-order chi connectivity index (χ0) is 20.8. The molecule has 4 atom stereocenters. The molecule has 3 heterocycles. The molecule has 3 aromatic rings. The van der Waals surface area contributed by atoms with Gasteiger partial charge in [-0.15, -0.1) is 23.7 Å². The van der Waals surface area contributed by atoms with Gasteiger partial charge in [0.15, 0.2) is 0 Å². The Morgan fingerprint density at radius 1 is 1.19 bits per heavy atom. The lowest BCUT2D eigenvalue weighted by Crippen LogP contribution is -2.40. The highest BCUT2D eigenvalue weighted by Gasteiger charge is 2.41. The van der Waals surface area contributed by atoms with Crippen molar-refractivity contribution >= 4 is 45.7 Å². The highest BCUT2D eigenvalue weighted by atomic mass is 35.5. The molecular weight excluding hydrogens is 442 g/mol.